The molecule has 1 saturated heterocycles. The Bertz CT molecular complexity index is 436. The second-order valence-electron chi connectivity index (χ2n) is 4.26. The summed E-state index contributed by atoms with van der Waals surface area (Å²) in [5.41, 5.74) is 7.78. The fraction of sp³-hybridized carbons (Fsp3) is 0.417. The summed E-state index contributed by atoms with van der Waals surface area (Å²) in [4.78, 5) is 15.5. The van der Waals surface area contributed by atoms with E-state index >= 15 is 0 Å². The fourth-order valence-corrected chi connectivity index (χ4v) is 2.44. The molecule has 17 heavy (non-hydrogen) atoms. The molecule has 0 aliphatic carbocycles. The van der Waals surface area contributed by atoms with Crippen molar-refractivity contribution in [2.24, 2.45) is 5.73 Å². The Morgan fingerprint density at radius 1 is 1.35 bits per heavy atom. The number of hydrogen-bond donors (Lipinski definition) is 1. The van der Waals surface area contributed by atoms with E-state index in [0.29, 0.717) is 13.1 Å². The van der Waals surface area contributed by atoms with Gasteiger partial charge in [0, 0.05) is 36.8 Å². The first-order valence-electron chi connectivity index (χ1n) is 5.58. The SMILES string of the molecule is CN1CCN(c2cc(Br)cc(CN)c2)CC1=O. The number of amides is 1. The summed E-state index contributed by atoms with van der Waals surface area (Å²) in [6.07, 6.45) is 0. The number of hydrogen-bond acceptors (Lipinski definition) is 3. The average Bonchev–Trinajstić information content (AvgIpc) is 2.32. The van der Waals surface area contributed by atoms with Crippen LogP contribution in [0.1, 0.15) is 5.56 Å². The zero-order chi connectivity index (χ0) is 12.4. The zero-order valence-corrected chi connectivity index (χ0v) is 11.4. The van der Waals surface area contributed by atoms with E-state index in [1.54, 1.807) is 4.90 Å². The van der Waals surface area contributed by atoms with Crippen LogP contribution in [0.4, 0.5) is 5.69 Å². The highest BCUT2D eigenvalue weighted by Gasteiger charge is 2.21. The van der Waals surface area contributed by atoms with Crippen LogP contribution in [0.3, 0.4) is 0 Å². The van der Waals surface area contributed by atoms with Gasteiger partial charge in [0.2, 0.25) is 5.91 Å². The maximum Gasteiger partial charge on any atom is 0.241 e. The molecule has 0 saturated carbocycles. The molecule has 92 valence electrons. The van der Waals surface area contributed by atoms with Crippen molar-refractivity contribution in [3.05, 3.63) is 28.2 Å². The van der Waals surface area contributed by atoms with Crippen LogP contribution in [0.2, 0.25) is 0 Å². The van der Waals surface area contributed by atoms with Crippen molar-refractivity contribution < 1.29 is 4.79 Å². The zero-order valence-electron chi connectivity index (χ0n) is 9.82. The van der Waals surface area contributed by atoms with Gasteiger partial charge in [0.1, 0.15) is 0 Å². The fourth-order valence-electron chi connectivity index (χ4n) is 1.91. The van der Waals surface area contributed by atoms with E-state index in [4.69, 9.17) is 5.73 Å². The smallest absolute Gasteiger partial charge is 0.241 e. The molecule has 0 unspecified atom stereocenters. The van der Waals surface area contributed by atoms with Crippen LogP contribution in [0, 0.1) is 0 Å². The second kappa shape index (κ2) is 5.06. The Labute approximate surface area is 110 Å². The standard InChI is InChI=1S/C12H16BrN3O/c1-15-2-3-16(8-12(15)17)11-5-9(7-14)4-10(13)6-11/h4-6H,2-3,7-8,14H2,1H3. The molecule has 0 bridgehead atoms. The number of rotatable bonds is 2. The van der Waals surface area contributed by atoms with Crippen LogP contribution in [-0.4, -0.2) is 37.5 Å². The number of piperazine rings is 1. The van der Waals surface area contributed by atoms with Gasteiger partial charge in [0.05, 0.1) is 6.54 Å². The van der Waals surface area contributed by atoms with E-state index in [-0.39, 0.29) is 5.91 Å². The van der Waals surface area contributed by atoms with E-state index in [1.807, 2.05) is 25.2 Å². The summed E-state index contributed by atoms with van der Waals surface area (Å²) < 4.78 is 1.00. The Hall–Kier alpha value is -1.07. The van der Waals surface area contributed by atoms with Gasteiger partial charge in [0.15, 0.2) is 0 Å². The van der Waals surface area contributed by atoms with Crippen molar-refractivity contribution in [3.63, 3.8) is 0 Å². The molecular weight excluding hydrogens is 282 g/mol. The van der Waals surface area contributed by atoms with Crippen LogP contribution in [0.5, 0.6) is 0 Å². The molecule has 0 aromatic heterocycles. The van der Waals surface area contributed by atoms with E-state index in [0.717, 1.165) is 28.8 Å². The molecule has 4 nitrogen and oxygen atoms in total. The molecule has 1 aliphatic rings. The lowest BCUT2D eigenvalue weighted by Gasteiger charge is -2.33. The van der Waals surface area contributed by atoms with E-state index in [9.17, 15) is 4.79 Å². The molecule has 1 heterocycles. The Morgan fingerprint density at radius 3 is 2.76 bits per heavy atom. The molecule has 1 fully saturated rings. The van der Waals surface area contributed by atoms with Gasteiger partial charge in [-0.25, -0.2) is 0 Å². The third-order valence-corrected chi connectivity index (χ3v) is 3.46. The monoisotopic (exact) mass is 297 g/mol. The third kappa shape index (κ3) is 2.79. The van der Waals surface area contributed by atoms with Crippen LogP contribution in [0.15, 0.2) is 22.7 Å². The topological polar surface area (TPSA) is 49.6 Å². The normalized spacial score (nSPS) is 16.5. The van der Waals surface area contributed by atoms with Crippen LogP contribution >= 0.6 is 15.9 Å². The first-order valence-corrected chi connectivity index (χ1v) is 6.38. The van der Waals surface area contributed by atoms with E-state index in [2.05, 4.69) is 20.8 Å². The largest absolute Gasteiger partial charge is 0.360 e. The van der Waals surface area contributed by atoms with Gasteiger partial charge in [-0.15, -0.1) is 0 Å². The molecule has 1 aromatic rings. The lowest BCUT2D eigenvalue weighted by atomic mass is 10.1. The molecule has 0 radical (unpaired) electrons. The average molecular weight is 298 g/mol. The minimum atomic E-state index is 0.158. The Morgan fingerprint density at radius 2 is 2.12 bits per heavy atom. The Kier molecular flexibility index (Phi) is 3.69. The van der Waals surface area contributed by atoms with Crippen molar-refractivity contribution in [1.29, 1.82) is 0 Å². The highest BCUT2D eigenvalue weighted by atomic mass is 79.9. The Balaban J connectivity index is 2.22. The first kappa shape index (κ1) is 12.4. The van der Waals surface area contributed by atoms with Gasteiger partial charge in [-0.2, -0.15) is 0 Å². The van der Waals surface area contributed by atoms with Crippen molar-refractivity contribution >= 4 is 27.5 Å². The predicted molar refractivity (Wildman–Crippen MR) is 71.9 cm³/mol. The number of anilines is 1. The maximum absolute atomic E-state index is 11.7. The van der Waals surface area contributed by atoms with Crippen molar-refractivity contribution in [2.45, 2.75) is 6.54 Å². The molecule has 1 aliphatic heterocycles. The molecule has 0 atom stereocenters. The van der Waals surface area contributed by atoms with Gasteiger partial charge in [-0.3, -0.25) is 4.79 Å². The van der Waals surface area contributed by atoms with Crippen LogP contribution in [-0.2, 0) is 11.3 Å². The summed E-state index contributed by atoms with van der Waals surface area (Å²) in [6.45, 7) is 2.58. The summed E-state index contributed by atoms with van der Waals surface area (Å²) in [7, 11) is 1.84. The van der Waals surface area contributed by atoms with Crippen LogP contribution in [0.25, 0.3) is 0 Å². The number of halogens is 1. The lowest BCUT2D eigenvalue weighted by molar-refractivity contribution is -0.129. The molecular formula is C12H16BrN3O. The van der Waals surface area contributed by atoms with Gasteiger partial charge >= 0.3 is 0 Å². The molecule has 2 rings (SSSR count). The van der Waals surface area contributed by atoms with Gasteiger partial charge in [0.25, 0.3) is 0 Å². The van der Waals surface area contributed by atoms with E-state index in [1.165, 1.54) is 0 Å². The minimum Gasteiger partial charge on any atom is -0.360 e. The highest BCUT2D eigenvalue weighted by Crippen LogP contribution is 2.23. The summed E-state index contributed by atoms with van der Waals surface area (Å²) >= 11 is 3.47. The minimum absolute atomic E-state index is 0.158. The summed E-state index contributed by atoms with van der Waals surface area (Å²) in [6, 6.07) is 6.07. The number of benzene rings is 1. The molecule has 0 spiro atoms. The van der Waals surface area contributed by atoms with Crippen molar-refractivity contribution in [1.82, 2.24) is 4.90 Å². The summed E-state index contributed by atoms with van der Waals surface area (Å²) in [5, 5.41) is 0. The molecule has 1 amide bonds. The number of likely N-dealkylation sites (N-methyl/N-ethyl adjacent to an activating group) is 1. The maximum atomic E-state index is 11.7. The predicted octanol–water partition coefficient (Wildman–Crippen LogP) is 1.19. The molecule has 1 aromatic carbocycles. The van der Waals surface area contributed by atoms with Crippen molar-refractivity contribution in [3.8, 4) is 0 Å². The van der Waals surface area contributed by atoms with E-state index < -0.39 is 0 Å². The number of nitrogens with two attached hydrogens (primary N) is 1. The molecule has 2 N–H and O–H groups in total. The summed E-state index contributed by atoms with van der Waals surface area (Å²) in [5.74, 6) is 0.158. The first-order chi connectivity index (χ1) is 8.10. The lowest BCUT2D eigenvalue weighted by Crippen LogP contribution is -2.48. The van der Waals surface area contributed by atoms with Gasteiger partial charge in [-0.05, 0) is 23.8 Å². The van der Waals surface area contributed by atoms with Crippen LogP contribution < -0.4 is 10.6 Å². The van der Waals surface area contributed by atoms with Gasteiger partial charge < -0.3 is 15.5 Å². The van der Waals surface area contributed by atoms with Crippen molar-refractivity contribution in [2.75, 3.05) is 31.6 Å². The molecule has 5 heteroatoms. The number of carbonyl (C=O) groups excluding carboxylic acids is 1. The number of nitrogens with zero attached hydrogens (tertiary/aromatic N) is 2. The second-order valence-corrected chi connectivity index (χ2v) is 5.17. The third-order valence-electron chi connectivity index (χ3n) is 3.00. The highest BCUT2D eigenvalue weighted by molar-refractivity contribution is 9.10. The number of carbonyl (C=O) groups is 1. The quantitative estimate of drug-likeness (QED) is 0.892. The van der Waals surface area contributed by atoms with Gasteiger partial charge in [-0.1, -0.05) is 15.9 Å².